The molecular weight excluding hydrogens is 413 g/mol. The van der Waals surface area contributed by atoms with E-state index in [1.807, 2.05) is 12.1 Å². The summed E-state index contributed by atoms with van der Waals surface area (Å²) in [6, 6.07) is 7.01. The third-order valence-corrected chi connectivity index (χ3v) is 4.23. The maximum Gasteiger partial charge on any atom is 0.190 e. The summed E-state index contributed by atoms with van der Waals surface area (Å²) in [4.78, 5) is 4.51. The first kappa shape index (κ1) is 21.2. The van der Waals surface area contributed by atoms with E-state index >= 15 is 0 Å². The first-order chi connectivity index (χ1) is 9.97. The number of aliphatic imine (C=N–C) groups is 1. The second-order valence-electron chi connectivity index (χ2n) is 4.95. The Morgan fingerprint density at radius 3 is 2.23 bits per heavy atom. The van der Waals surface area contributed by atoms with E-state index in [0.717, 1.165) is 43.9 Å². The number of nitrogens with one attached hydrogen (secondary N) is 2. The van der Waals surface area contributed by atoms with Gasteiger partial charge in [-0.15, -0.1) is 24.0 Å². The van der Waals surface area contributed by atoms with Crippen molar-refractivity contribution in [3.63, 3.8) is 0 Å². The van der Waals surface area contributed by atoms with Crippen LogP contribution in [0.1, 0.15) is 25.3 Å². The molecule has 0 amide bonds. The van der Waals surface area contributed by atoms with Crippen molar-refractivity contribution < 1.29 is 8.42 Å². The molecule has 0 bridgehead atoms. The van der Waals surface area contributed by atoms with E-state index in [9.17, 15) is 8.42 Å². The first-order valence-electron chi connectivity index (χ1n) is 7.21. The molecule has 1 rings (SSSR count). The van der Waals surface area contributed by atoms with Gasteiger partial charge in [0.1, 0.15) is 0 Å². The molecule has 22 heavy (non-hydrogen) atoms. The molecule has 0 aliphatic heterocycles. The molecular formula is C15H26IN3O2S. The highest BCUT2D eigenvalue weighted by molar-refractivity contribution is 14.0. The average Bonchev–Trinajstić information content (AvgIpc) is 2.45. The monoisotopic (exact) mass is 439 g/mol. The predicted molar refractivity (Wildman–Crippen MR) is 103 cm³/mol. The zero-order valence-electron chi connectivity index (χ0n) is 13.4. The van der Waals surface area contributed by atoms with Crippen LogP contribution in [0, 0.1) is 0 Å². The van der Waals surface area contributed by atoms with Gasteiger partial charge in [0, 0.05) is 26.4 Å². The zero-order valence-corrected chi connectivity index (χ0v) is 16.6. The van der Waals surface area contributed by atoms with Gasteiger partial charge in [-0.05, 0) is 30.5 Å². The topological polar surface area (TPSA) is 70.6 Å². The van der Waals surface area contributed by atoms with E-state index in [-0.39, 0.29) is 24.0 Å². The minimum atomic E-state index is -3.12. The highest BCUT2D eigenvalue weighted by Gasteiger charge is 2.06. The quantitative estimate of drug-likeness (QED) is 0.296. The maximum absolute atomic E-state index is 11.4. The summed E-state index contributed by atoms with van der Waals surface area (Å²) in [5.41, 5.74) is 1.10. The fourth-order valence-electron chi connectivity index (χ4n) is 1.83. The number of rotatable bonds is 7. The van der Waals surface area contributed by atoms with Crippen LogP contribution in [0.15, 0.2) is 34.2 Å². The van der Waals surface area contributed by atoms with Gasteiger partial charge in [-0.3, -0.25) is 4.99 Å². The summed E-state index contributed by atoms with van der Waals surface area (Å²) in [5, 5.41) is 6.49. The number of benzene rings is 1. The summed E-state index contributed by atoms with van der Waals surface area (Å²) in [5.74, 6) is 0.802. The lowest BCUT2D eigenvalue weighted by Crippen LogP contribution is -2.38. The zero-order chi connectivity index (χ0) is 15.7. The Morgan fingerprint density at radius 2 is 1.73 bits per heavy atom. The van der Waals surface area contributed by atoms with Gasteiger partial charge in [0.2, 0.25) is 0 Å². The summed E-state index contributed by atoms with van der Waals surface area (Å²) in [7, 11) is -1.36. The number of nitrogens with zero attached hydrogens (tertiary/aromatic N) is 1. The number of sulfone groups is 1. The fraction of sp³-hybridized carbons (Fsp3) is 0.533. The maximum atomic E-state index is 11.4. The van der Waals surface area contributed by atoms with Gasteiger partial charge in [0.15, 0.2) is 15.8 Å². The highest BCUT2D eigenvalue weighted by Crippen LogP contribution is 2.10. The molecule has 1 aromatic carbocycles. The van der Waals surface area contributed by atoms with Crippen molar-refractivity contribution in [2.45, 2.75) is 31.1 Å². The predicted octanol–water partition coefficient (Wildman–Crippen LogP) is 2.22. The van der Waals surface area contributed by atoms with Crippen molar-refractivity contribution in [3.05, 3.63) is 29.8 Å². The second-order valence-corrected chi connectivity index (χ2v) is 6.96. The van der Waals surface area contributed by atoms with Gasteiger partial charge in [0.25, 0.3) is 0 Å². The van der Waals surface area contributed by atoms with E-state index in [0.29, 0.717) is 4.90 Å². The molecule has 0 radical (unpaired) electrons. The highest BCUT2D eigenvalue weighted by atomic mass is 127. The molecule has 0 saturated heterocycles. The SMILES string of the molecule is CCCCNC(=NC)NCCc1ccc(S(C)(=O)=O)cc1.I. The average molecular weight is 439 g/mol. The normalized spacial score (nSPS) is 11.7. The molecule has 7 heteroatoms. The van der Waals surface area contributed by atoms with Crippen molar-refractivity contribution in [1.82, 2.24) is 10.6 Å². The Morgan fingerprint density at radius 1 is 1.14 bits per heavy atom. The molecule has 0 fully saturated rings. The molecule has 0 unspecified atom stereocenters. The molecule has 0 saturated carbocycles. The Kier molecular flexibility index (Phi) is 10.4. The number of halogens is 1. The molecule has 5 nitrogen and oxygen atoms in total. The molecule has 0 aliphatic carbocycles. The van der Waals surface area contributed by atoms with E-state index in [1.165, 1.54) is 6.26 Å². The Labute approximate surface area is 150 Å². The number of hydrogen-bond acceptors (Lipinski definition) is 3. The van der Waals surface area contributed by atoms with Gasteiger partial charge in [-0.25, -0.2) is 8.42 Å². The van der Waals surface area contributed by atoms with Crippen LogP contribution in [0.25, 0.3) is 0 Å². The van der Waals surface area contributed by atoms with Gasteiger partial charge in [-0.1, -0.05) is 25.5 Å². The van der Waals surface area contributed by atoms with Crippen LogP contribution in [0.5, 0.6) is 0 Å². The number of hydrogen-bond donors (Lipinski definition) is 2. The minimum Gasteiger partial charge on any atom is -0.356 e. The smallest absolute Gasteiger partial charge is 0.190 e. The Bertz CT molecular complexity index is 557. The van der Waals surface area contributed by atoms with Crippen molar-refractivity contribution in [2.24, 2.45) is 4.99 Å². The van der Waals surface area contributed by atoms with E-state index in [4.69, 9.17) is 0 Å². The minimum absolute atomic E-state index is 0. The van der Waals surface area contributed by atoms with Crippen LogP contribution >= 0.6 is 24.0 Å². The molecule has 0 spiro atoms. The molecule has 0 aromatic heterocycles. The largest absolute Gasteiger partial charge is 0.356 e. The molecule has 0 aliphatic rings. The van der Waals surface area contributed by atoms with Gasteiger partial charge >= 0.3 is 0 Å². The second kappa shape index (κ2) is 10.8. The fourth-order valence-corrected chi connectivity index (χ4v) is 2.46. The van der Waals surface area contributed by atoms with Crippen LogP contribution in [0.3, 0.4) is 0 Å². The number of unbranched alkanes of at least 4 members (excludes halogenated alkanes) is 1. The summed E-state index contributed by atoms with van der Waals surface area (Å²) < 4.78 is 22.8. The van der Waals surface area contributed by atoms with Gasteiger partial charge in [-0.2, -0.15) is 0 Å². The number of guanidine groups is 1. The van der Waals surface area contributed by atoms with Crippen molar-refractivity contribution >= 4 is 39.8 Å². The molecule has 2 N–H and O–H groups in total. The van der Waals surface area contributed by atoms with Crippen LogP contribution in [0.2, 0.25) is 0 Å². The van der Waals surface area contributed by atoms with Crippen LogP contribution in [-0.4, -0.2) is 40.8 Å². The third kappa shape index (κ3) is 7.98. The van der Waals surface area contributed by atoms with E-state index in [1.54, 1.807) is 19.2 Å². The summed E-state index contributed by atoms with van der Waals surface area (Å²) >= 11 is 0. The Hall–Kier alpha value is -0.830. The molecule has 0 atom stereocenters. The lowest BCUT2D eigenvalue weighted by molar-refractivity contribution is 0.602. The van der Waals surface area contributed by atoms with E-state index < -0.39 is 9.84 Å². The van der Waals surface area contributed by atoms with Gasteiger partial charge < -0.3 is 10.6 Å². The summed E-state index contributed by atoms with van der Waals surface area (Å²) in [6.07, 6.45) is 4.30. The Balaban J connectivity index is 0.00000441. The molecule has 0 heterocycles. The van der Waals surface area contributed by atoms with Gasteiger partial charge in [0.05, 0.1) is 4.90 Å². The molecule has 1 aromatic rings. The lowest BCUT2D eigenvalue weighted by atomic mass is 10.1. The van der Waals surface area contributed by atoms with Crippen molar-refractivity contribution in [2.75, 3.05) is 26.4 Å². The van der Waals surface area contributed by atoms with Crippen LogP contribution < -0.4 is 10.6 Å². The van der Waals surface area contributed by atoms with E-state index in [2.05, 4.69) is 22.5 Å². The summed E-state index contributed by atoms with van der Waals surface area (Å²) in [6.45, 7) is 3.82. The van der Waals surface area contributed by atoms with Crippen LogP contribution in [-0.2, 0) is 16.3 Å². The lowest BCUT2D eigenvalue weighted by Gasteiger charge is -2.11. The third-order valence-electron chi connectivity index (χ3n) is 3.10. The first-order valence-corrected chi connectivity index (χ1v) is 9.10. The van der Waals surface area contributed by atoms with Crippen molar-refractivity contribution in [3.8, 4) is 0 Å². The van der Waals surface area contributed by atoms with Crippen molar-refractivity contribution in [1.29, 1.82) is 0 Å². The van der Waals surface area contributed by atoms with Crippen LogP contribution in [0.4, 0.5) is 0 Å². The standard InChI is InChI=1S/C15H25N3O2S.HI/c1-4-5-11-17-15(16-2)18-12-10-13-6-8-14(9-7-13)21(3,19)20;/h6-9H,4-5,10-12H2,1-3H3,(H2,16,17,18);1H. The molecule has 126 valence electrons.